The van der Waals surface area contributed by atoms with E-state index >= 15 is 0 Å². The number of phenols is 1. The first kappa shape index (κ1) is 14.9. The SMILES string of the molecule is CN=C1c2ccccc2-c2c1cc(O)c1c(C)c(C)c(C)c(C)c21. The van der Waals surface area contributed by atoms with E-state index in [0.29, 0.717) is 5.75 Å². The molecule has 1 aliphatic rings. The fourth-order valence-electron chi connectivity index (χ4n) is 4.12. The molecule has 3 aromatic rings. The van der Waals surface area contributed by atoms with Crippen molar-refractivity contribution in [3.05, 3.63) is 63.7 Å². The second kappa shape index (κ2) is 4.94. The van der Waals surface area contributed by atoms with E-state index in [9.17, 15) is 5.11 Å². The van der Waals surface area contributed by atoms with Gasteiger partial charge in [0.15, 0.2) is 0 Å². The fraction of sp³-hybridized carbons (Fsp3) is 0.227. The van der Waals surface area contributed by atoms with Gasteiger partial charge in [0.2, 0.25) is 0 Å². The summed E-state index contributed by atoms with van der Waals surface area (Å²) in [6.07, 6.45) is 0. The minimum Gasteiger partial charge on any atom is -0.507 e. The Morgan fingerprint density at radius 3 is 1.96 bits per heavy atom. The van der Waals surface area contributed by atoms with Crippen molar-refractivity contribution in [1.82, 2.24) is 0 Å². The summed E-state index contributed by atoms with van der Waals surface area (Å²) >= 11 is 0. The number of hydrogen-bond donors (Lipinski definition) is 1. The van der Waals surface area contributed by atoms with Crippen LogP contribution in [0.3, 0.4) is 0 Å². The molecule has 2 nitrogen and oxygen atoms in total. The highest BCUT2D eigenvalue weighted by Crippen LogP contribution is 2.47. The van der Waals surface area contributed by atoms with Gasteiger partial charge in [-0.1, -0.05) is 24.3 Å². The molecule has 1 aliphatic carbocycles. The molecule has 24 heavy (non-hydrogen) atoms. The lowest BCUT2D eigenvalue weighted by Gasteiger charge is -2.18. The van der Waals surface area contributed by atoms with Gasteiger partial charge in [-0.2, -0.15) is 0 Å². The van der Waals surface area contributed by atoms with Crippen molar-refractivity contribution >= 4 is 16.5 Å². The third kappa shape index (κ3) is 1.68. The van der Waals surface area contributed by atoms with E-state index in [1.807, 2.05) is 19.2 Å². The maximum absolute atomic E-state index is 10.8. The first-order chi connectivity index (χ1) is 11.5. The number of benzene rings is 3. The molecule has 0 aliphatic heterocycles. The molecular weight excluding hydrogens is 294 g/mol. The van der Waals surface area contributed by atoms with Crippen LogP contribution in [0, 0.1) is 27.7 Å². The summed E-state index contributed by atoms with van der Waals surface area (Å²) in [7, 11) is 1.82. The van der Waals surface area contributed by atoms with Crippen LogP contribution in [0.1, 0.15) is 33.4 Å². The lowest BCUT2D eigenvalue weighted by atomic mass is 9.86. The summed E-state index contributed by atoms with van der Waals surface area (Å²) in [4.78, 5) is 4.52. The average Bonchev–Trinajstić information content (AvgIpc) is 2.90. The van der Waals surface area contributed by atoms with Crippen LogP contribution < -0.4 is 0 Å². The van der Waals surface area contributed by atoms with Crippen molar-refractivity contribution in [2.45, 2.75) is 27.7 Å². The monoisotopic (exact) mass is 315 g/mol. The first-order valence-electron chi connectivity index (χ1n) is 8.30. The fourth-order valence-corrected chi connectivity index (χ4v) is 4.12. The smallest absolute Gasteiger partial charge is 0.124 e. The van der Waals surface area contributed by atoms with E-state index in [-0.39, 0.29) is 0 Å². The highest BCUT2D eigenvalue weighted by Gasteiger charge is 2.29. The zero-order chi connectivity index (χ0) is 17.2. The number of aromatic hydroxyl groups is 1. The predicted octanol–water partition coefficient (Wildman–Crippen LogP) is 5.23. The molecule has 0 spiro atoms. The van der Waals surface area contributed by atoms with Crippen molar-refractivity contribution in [3.63, 3.8) is 0 Å². The van der Waals surface area contributed by atoms with Gasteiger partial charge in [0.05, 0.1) is 5.71 Å². The Morgan fingerprint density at radius 1 is 0.750 bits per heavy atom. The molecule has 3 aromatic carbocycles. The zero-order valence-corrected chi connectivity index (χ0v) is 14.8. The van der Waals surface area contributed by atoms with Crippen molar-refractivity contribution < 1.29 is 5.11 Å². The molecule has 0 heterocycles. The number of phenolic OH excluding ortho intramolecular Hbond substituents is 1. The number of fused-ring (bicyclic) bond motifs is 5. The molecule has 0 amide bonds. The molecule has 4 rings (SSSR count). The summed E-state index contributed by atoms with van der Waals surface area (Å²) in [5.41, 5.74) is 10.5. The summed E-state index contributed by atoms with van der Waals surface area (Å²) in [5, 5.41) is 12.9. The van der Waals surface area contributed by atoms with Crippen LogP contribution in [0.5, 0.6) is 5.75 Å². The lowest BCUT2D eigenvalue weighted by molar-refractivity contribution is 0.481. The van der Waals surface area contributed by atoms with Crippen molar-refractivity contribution in [1.29, 1.82) is 0 Å². The number of rotatable bonds is 0. The third-order valence-electron chi connectivity index (χ3n) is 5.67. The van der Waals surface area contributed by atoms with Gasteiger partial charge in [0.25, 0.3) is 0 Å². The Balaban J connectivity index is 2.32. The maximum Gasteiger partial charge on any atom is 0.124 e. The van der Waals surface area contributed by atoms with E-state index in [1.165, 1.54) is 27.8 Å². The van der Waals surface area contributed by atoms with E-state index in [4.69, 9.17) is 0 Å². The minimum atomic E-state index is 0.349. The zero-order valence-electron chi connectivity index (χ0n) is 14.8. The van der Waals surface area contributed by atoms with Crippen LogP contribution in [-0.2, 0) is 0 Å². The highest BCUT2D eigenvalue weighted by molar-refractivity contribution is 6.29. The van der Waals surface area contributed by atoms with Crippen LogP contribution in [-0.4, -0.2) is 17.9 Å². The predicted molar refractivity (Wildman–Crippen MR) is 102 cm³/mol. The van der Waals surface area contributed by atoms with Crippen LogP contribution >= 0.6 is 0 Å². The van der Waals surface area contributed by atoms with Crippen LogP contribution in [0.4, 0.5) is 0 Å². The number of hydrogen-bond acceptors (Lipinski definition) is 2. The summed E-state index contributed by atoms with van der Waals surface area (Å²) in [5.74, 6) is 0.349. The summed E-state index contributed by atoms with van der Waals surface area (Å²) < 4.78 is 0. The van der Waals surface area contributed by atoms with Crippen molar-refractivity contribution in [2.75, 3.05) is 7.05 Å². The molecule has 0 saturated carbocycles. The quantitative estimate of drug-likeness (QED) is 0.473. The molecular formula is C22H21NO. The largest absolute Gasteiger partial charge is 0.507 e. The molecule has 2 heteroatoms. The Kier molecular flexibility index (Phi) is 3.08. The van der Waals surface area contributed by atoms with Gasteiger partial charge in [-0.15, -0.1) is 0 Å². The van der Waals surface area contributed by atoms with Gasteiger partial charge in [-0.25, -0.2) is 0 Å². The second-order valence-electron chi connectivity index (χ2n) is 6.69. The Morgan fingerprint density at radius 2 is 1.33 bits per heavy atom. The summed E-state index contributed by atoms with van der Waals surface area (Å²) in [6, 6.07) is 10.3. The van der Waals surface area contributed by atoms with Gasteiger partial charge >= 0.3 is 0 Å². The summed E-state index contributed by atoms with van der Waals surface area (Å²) in [6.45, 7) is 8.57. The van der Waals surface area contributed by atoms with Gasteiger partial charge < -0.3 is 5.11 Å². The number of nitrogens with zero attached hydrogens (tertiary/aromatic N) is 1. The molecule has 0 fully saturated rings. The molecule has 0 radical (unpaired) electrons. The Labute approximate surface area is 142 Å². The maximum atomic E-state index is 10.8. The van der Waals surface area contributed by atoms with Crippen LogP contribution in [0.15, 0.2) is 35.3 Å². The standard InChI is InChI=1S/C22H21NO/c1-11-12(2)14(4)20-19(13(11)3)18(24)10-17-21(20)15-8-6-7-9-16(15)22(17)23-5/h6-10,24H,1-5H3. The Hall–Kier alpha value is -2.61. The van der Waals surface area contributed by atoms with Gasteiger partial charge in [-0.05, 0) is 67.0 Å². The molecule has 120 valence electrons. The Bertz CT molecular complexity index is 1060. The number of aryl methyl sites for hydroxylation is 2. The van der Waals surface area contributed by atoms with Crippen LogP contribution in [0.25, 0.3) is 21.9 Å². The lowest BCUT2D eigenvalue weighted by Crippen LogP contribution is -2.00. The molecule has 0 atom stereocenters. The minimum absolute atomic E-state index is 0.349. The van der Waals surface area contributed by atoms with Crippen LogP contribution in [0.2, 0.25) is 0 Å². The molecule has 0 unspecified atom stereocenters. The molecule has 1 N–H and O–H groups in total. The van der Waals surface area contributed by atoms with Crippen molar-refractivity contribution in [2.24, 2.45) is 4.99 Å². The van der Waals surface area contributed by atoms with E-state index < -0.39 is 0 Å². The molecule has 0 saturated heterocycles. The van der Waals surface area contributed by atoms with Gasteiger partial charge in [-0.3, -0.25) is 4.99 Å². The van der Waals surface area contributed by atoms with Gasteiger partial charge in [0.1, 0.15) is 5.75 Å². The first-order valence-corrected chi connectivity index (χ1v) is 8.30. The molecule has 0 bridgehead atoms. The van der Waals surface area contributed by atoms with Crippen molar-refractivity contribution in [3.8, 4) is 16.9 Å². The normalized spacial score (nSPS) is 14.3. The van der Waals surface area contributed by atoms with Gasteiger partial charge in [0, 0.05) is 29.1 Å². The highest BCUT2D eigenvalue weighted by atomic mass is 16.3. The number of aliphatic imine (C=N–C) groups is 1. The van der Waals surface area contributed by atoms with E-state index in [2.05, 4.69) is 50.9 Å². The van der Waals surface area contributed by atoms with E-state index in [0.717, 1.165) is 33.2 Å². The average molecular weight is 315 g/mol. The molecule has 0 aromatic heterocycles. The second-order valence-corrected chi connectivity index (χ2v) is 6.69. The van der Waals surface area contributed by atoms with E-state index in [1.54, 1.807) is 0 Å². The third-order valence-corrected chi connectivity index (χ3v) is 5.67. The topological polar surface area (TPSA) is 32.6 Å².